The van der Waals surface area contributed by atoms with Crippen LogP contribution in [-0.2, 0) is 0 Å². The summed E-state index contributed by atoms with van der Waals surface area (Å²) in [6.07, 6.45) is 0. The van der Waals surface area contributed by atoms with Gasteiger partial charge in [0.25, 0.3) is 0 Å². The number of aromatic nitrogens is 2. The van der Waals surface area contributed by atoms with Gasteiger partial charge in [-0.2, -0.15) is 8.78 Å². The number of halogens is 4. The van der Waals surface area contributed by atoms with Gasteiger partial charge in [0, 0.05) is 12.1 Å². The van der Waals surface area contributed by atoms with Crippen molar-refractivity contribution in [3.63, 3.8) is 0 Å². The number of nitrogens with two attached hydrogens (primary N) is 1. The number of benzene rings is 1. The molecule has 0 saturated heterocycles. The lowest BCUT2D eigenvalue weighted by atomic mass is 10.2. The third-order valence-corrected chi connectivity index (χ3v) is 3.53. The van der Waals surface area contributed by atoms with Crippen molar-refractivity contribution in [2.45, 2.75) is 10.6 Å². The molecule has 10 heteroatoms. The molecule has 0 saturated carbocycles. The molecule has 106 valence electrons. The van der Waals surface area contributed by atoms with Crippen molar-refractivity contribution in [2.24, 2.45) is 5.73 Å². The van der Waals surface area contributed by atoms with Crippen LogP contribution in [0.4, 0.5) is 8.78 Å². The number of rotatable bonds is 1. The molecule has 2 heterocycles. The van der Waals surface area contributed by atoms with Crippen molar-refractivity contribution < 1.29 is 18.3 Å². The number of hydrogen-bond donors (Lipinski definition) is 2. The lowest BCUT2D eigenvalue weighted by molar-refractivity contribution is -0.179. The first-order valence-electron chi connectivity index (χ1n) is 5.17. The van der Waals surface area contributed by atoms with E-state index in [1.807, 2.05) is 0 Å². The van der Waals surface area contributed by atoms with E-state index >= 15 is 0 Å². The summed E-state index contributed by atoms with van der Waals surface area (Å²) in [5.74, 6) is -0.0425. The van der Waals surface area contributed by atoms with Gasteiger partial charge in [-0.3, -0.25) is 0 Å². The Morgan fingerprint density at radius 2 is 1.80 bits per heavy atom. The van der Waals surface area contributed by atoms with Crippen LogP contribution in [0, 0.1) is 0 Å². The normalized spacial score (nSPS) is 28.6. The summed E-state index contributed by atoms with van der Waals surface area (Å²) in [7, 11) is 0. The number of alkyl halides is 4. The molecule has 0 fully saturated rings. The maximum Gasteiger partial charge on any atom is 0.414 e. The van der Waals surface area contributed by atoms with E-state index in [9.17, 15) is 8.78 Å². The highest BCUT2D eigenvalue weighted by Gasteiger charge is 2.60. The molecule has 2 unspecified atom stereocenters. The summed E-state index contributed by atoms with van der Waals surface area (Å²) >= 11 is 15.2. The summed E-state index contributed by atoms with van der Waals surface area (Å²) in [6.45, 7) is 0. The first kappa shape index (κ1) is 13.6. The average Bonchev–Trinajstić information content (AvgIpc) is 2.69. The van der Waals surface area contributed by atoms with Crippen molar-refractivity contribution in [1.82, 2.24) is 9.97 Å². The fourth-order valence-electron chi connectivity index (χ4n) is 1.69. The second-order valence-electron chi connectivity index (χ2n) is 4.00. The zero-order valence-corrected chi connectivity index (χ0v) is 11.7. The smallest absolute Gasteiger partial charge is 0.414 e. The van der Waals surface area contributed by atoms with Crippen LogP contribution >= 0.6 is 35.4 Å². The maximum atomic E-state index is 13.7. The van der Waals surface area contributed by atoms with Crippen LogP contribution in [0.3, 0.4) is 0 Å². The van der Waals surface area contributed by atoms with E-state index in [1.54, 1.807) is 0 Å². The predicted molar refractivity (Wildman–Crippen MR) is 72.6 cm³/mol. The second-order valence-corrected chi connectivity index (χ2v) is 5.42. The van der Waals surface area contributed by atoms with Gasteiger partial charge < -0.3 is 20.2 Å². The Morgan fingerprint density at radius 1 is 1.25 bits per heavy atom. The largest absolute Gasteiger partial charge is 0.435 e. The van der Waals surface area contributed by atoms with Gasteiger partial charge in [-0.05, 0) is 23.2 Å². The quantitative estimate of drug-likeness (QED) is 0.617. The molecule has 3 rings (SSSR count). The van der Waals surface area contributed by atoms with Crippen LogP contribution in [-0.4, -0.2) is 25.6 Å². The van der Waals surface area contributed by atoms with Crippen molar-refractivity contribution in [3.8, 4) is 11.5 Å². The Hall–Kier alpha value is -1.38. The summed E-state index contributed by atoms with van der Waals surface area (Å²) < 4.78 is 36.7. The zero-order chi connectivity index (χ0) is 14.7. The molecule has 0 spiro atoms. The van der Waals surface area contributed by atoms with Gasteiger partial charge >= 0.3 is 10.6 Å². The number of imidazole rings is 1. The molecule has 0 amide bonds. The van der Waals surface area contributed by atoms with Gasteiger partial charge in [0.1, 0.15) is 4.99 Å². The molecule has 1 aromatic heterocycles. The number of ether oxygens (including phenoxy) is 2. The molecular formula is C10H5Cl2F2N3O2S. The van der Waals surface area contributed by atoms with Crippen LogP contribution in [0.1, 0.15) is 5.82 Å². The molecule has 1 aliphatic rings. The van der Waals surface area contributed by atoms with Crippen LogP contribution in [0.25, 0.3) is 11.0 Å². The second kappa shape index (κ2) is 4.06. The molecule has 1 aromatic carbocycles. The number of H-pyrrole nitrogens is 1. The van der Waals surface area contributed by atoms with Crippen LogP contribution < -0.4 is 15.2 Å². The molecule has 20 heavy (non-hydrogen) atoms. The van der Waals surface area contributed by atoms with Gasteiger partial charge in [-0.15, -0.1) is 0 Å². The molecule has 3 N–H and O–H groups in total. The Bertz CT molecular complexity index is 682. The molecule has 2 atom stereocenters. The first-order valence-corrected chi connectivity index (χ1v) is 6.33. The highest BCUT2D eigenvalue weighted by atomic mass is 35.5. The Balaban J connectivity index is 2.15. The molecule has 0 aliphatic carbocycles. The van der Waals surface area contributed by atoms with Crippen molar-refractivity contribution in [3.05, 3.63) is 18.0 Å². The number of thiocarbonyl (C=S) groups is 1. The fraction of sp³-hybridized carbons (Fsp3) is 0.200. The minimum atomic E-state index is -3.36. The number of fused-ring (bicyclic) bond motifs is 2. The Labute approximate surface area is 125 Å². The van der Waals surface area contributed by atoms with Crippen molar-refractivity contribution >= 4 is 51.4 Å². The van der Waals surface area contributed by atoms with E-state index in [4.69, 9.17) is 41.2 Å². The lowest BCUT2D eigenvalue weighted by Crippen LogP contribution is -2.50. The Morgan fingerprint density at radius 3 is 2.35 bits per heavy atom. The molecule has 0 radical (unpaired) electrons. The van der Waals surface area contributed by atoms with Crippen LogP contribution in [0.5, 0.6) is 11.5 Å². The van der Waals surface area contributed by atoms with Crippen molar-refractivity contribution in [2.75, 3.05) is 0 Å². The third-order valence-electron chi connectivity index (χ3n) is 2.60. The summed E-state index contributed by atoms with van der Waals surface area (Å²) in [5, 5.41) is -6.72. The van der Waals surface area contributed by atoms with Gasteiger partial charge in [0.2, 0.25) is 0 Å². The first-order chi connectivity index (χ1) is 9.19. The van der Waals surface area contributed by atoms with E-state index in [0.717, 1.165) is 0 Å². The maximum absolute atomic E-state index is 13.7. The van der Waals surface area contributed by atoms with Gasteiger partial charge in [-0.1, -0.05) is 12.2 Å². The zero-order valence-electron chi connectivity index (χ0n) is 9.42. The van der Waals surface area contributed by atoms with E-state index in [-0.39, 0.29) is 22.3 Å². The van der Waals surface area contributed by atoms with E-state index in [0.29, 0.717) is 11.0 Å². The number of nitrogens with one attached hydrogen (secondary N) is 1. The van der Waals surface area contributed by atoms with Gasteiger partial charge in [0.05, 0.1) is 11.0 Å². The molecule has 5 nitrogen and oxygen atoms in total. The average molecular weight is 340 g/mol. The highest BCUT2D eigenvalue weighted by Crippen LogP contribution is 2.50. The monoisotopic (exact) mass is 339 g/mol. The number of hydrogen-bond acceptors (Lipinski definition) is 4. The Kier molecular flexibility index (Phi) is 2.76. The highest BCUT2D eigenvalue weighted by molar-refractivity contribution is 7.80. The SMILES string of the molecule is NC(=S)c1nc2cc3c(cc2[nH]1)OC(F)(Cl)C(F)(Cl)O3. The van der Waals surface area contributed by atoms with E-state index < -0.39 is 10.6 Å². The minimum Gasteiger partial charge on any atom is -0.435 e. The standard InChI is InChI=1S/C10H5Cl2F2N3O2S/c11-9(13)10(12,14)19-6-2-4-3(1-5(6)18-9)16-8(17-4)7(15)20/h1-2H,(H2,15,20)(H,16,17). The predicted octanol–water partition coefficient (Wildman–Crippen LogP) is 2.69. The summed E-state index contributed by atoms with van der Waals surface area (Å²) in [6, 6.07) is 2.62. The summed E-state index contributed by atoms with van der Waals surface area (Å²) in [4.78, 5) is 6.88. The van der Waals surface area contributed by atoms with Crippen molar-refractivity contribution in [1.29, 1.82) is 0 Å². The molecule has 0 bridgehead atoms. The van der Waals surface area contributed by atoms with E-state index in [2.05, 4.69) is 19.4 Å². The molecular weight excluding hydrogens is 335 g/mol. The molecule has 2 aromatic rings. The lowest BCUT2D eigenvalue weighted by Gasteiger charge is -2.34. The summed E-state index contributed by atoms with van der Waals surface area (Å²) in [5.41, 5.74) is 6.23. The van der Waals surface area contributed by atoms with Gasteiger partial charge in [0.15, 0.2) is 17.3 Å². The van der Waals surface area contributed by atoms with Gasteiger partial charge in [-0.25, -0.2) is 4.98 Å². The topological polar surface area (TPSA) is 73.2 Å². The fourth-order valence-corrected chi connectivity index (χ4v) is 2.03. The third kappa shape index (κ3) is 1.95. The van der Waals surface area contributed by atoms with E-state index in [1.165, 1.54) is 12.1 Å². The van der Waals surface area contributed by atoms with Crippen LogP contribution in [0.2, 0.25) is 0 Å². The number of aromatic amines is 1. The number of nitrogens with zero attached hydrogens (tertiary/aromatic N) is 1. The molecule has 1 aliphatic heterocycles. The van der Waals surface area contributed by atoms with Crippen LogP contribution in [0.15, 0.2) is 12.1 Å². The minimum absolute atomic E-state index is 0.0374.